The summed E-state index contributed by atoms with van der Waals surface area (Å²) in [4.78, 5) is 0. The van der Waals surface area contributed by atoms with Gasteiger partial charge in [0.25, 0.3) is 0 Å². The van der Waals surface area contributed by atoms with Gasteiger partial charge in [0.15, 0.2) is 0 Å². The zero-order chi connectivity index (χ0) is 9.97. The molecule has 1 aromatic heterocycles. The molecule has 3 nitrogen and oxygen atoms in total. The van der Waals surface area contributed by atoms with Gasteiger partial charge in [-0.3, -0.25) is 4.68 Å². The Morgan fingerprint density at radius 2 is 2.43 bits per heavy atom. The first-order valence-electron chi connectivity index (χ1n) is 5.54. The van der Waals surface area contributed by atoms with Crippen molar-refractivity contribution in [3.63, 3.8) is 0 Å². The molecule has 1 N–H and O–H groups in total. The molecule has 3 heteroatoms. The summed E-state index contributed by atoms with van der Waals surface area (Å²) in [5.74, 6) is 0.681. The van der Waals surface area contributed by atoms with E-state index in [1.165, 1.54) is 24.8 Å². The minimum absolute atomic E-state index is 0.657. The number of aryl methyl sites for hydroxylation is 1. The molecule has 2 rings (SSSR count). The highest BCUT2D eigenvalue weighted by Crippen LogP contribution is 2.33. The van der Waals surface area contributed by atoms with Gasteiger partial charge in [0.2, 0.25) is 0 Å². The van der Waals surface area contributed by atoms with Crippen LogP contribution in [0.4, 0.5) is 0 Å². The maximum absolute atomic E-state index is 4.34. The van der Waals surface area contributed by atoms with Crippen molar-refractivity contribution >= 4 is 0 Å². The van der Waals surface area contributed by atoms with Gasteiger partial charge in [0.1, 0.15) is 0 Å². The molecule has 0 radical (unpaired) electrons. The van der Waals surface area contributed by atoms with Gasteiger partial charge in [0.05, 0.1) is 6.20 Å². The van der Waals surface area contributed by atoms with E-state index in [9.17, 15) is 0 Å². The molecule has 0 aliphatic heterocycles. The Hall–Kier alpha value is -0.830. The largest absolute Gasteiger partial charge is 0.316 e. The zero-order valence-electron chi connectivity index (χ0n) is 9.03. The Balaban J connectivity index is 2.13. The van der Waals surface area contributed by atoms with Crippen LogP contribution in [0.25, 0.3) is 0 Å². The van der Waals surface area contributed by atoms with Crippen molar-refractivity contribution in [2.45, 2.75) is 44.7 Å². The lowest BCUT2D eigenvalue weighted by atomic mass is 9.97. The second-order valence-electron chi connectivity index (χ2n) is 4.06. The lowest BCUT2D eigenvalue weighted by molar-refractivity contribution is 0.521. The number of likely N-dealkylation sites (N-methyl/N-ethyl adjacent to an activating group) is 1. The first-order valence-corrected chi connectivity index (χ1v) is 5.54. The molecule has 2 unspecified atom stereocenters. The van der Waals surface area contributed by atoms with E-state index in [0.717, 1.165) is 6.54 Å². The maximum atomic E-state index is 4.34. The second kappa shape index (κ2) is 4.13. The molecule has 78 valence electrons. The zero-order valence-corrected chi connectivity index (χ0v) is 9.03. The third-order valence-electron chi connectivity index (χ3n) is 3.29. The molecule has 14 heavy (non-hydrogen) atoms. The predicted octanol–water partition coefficient (Wildman–Crippen LogP) is 1.76. The fourth-order valence-electron chi connectivity index (χ4n) is 2.45. The number of rotatable bonds is 3. The molecule has 0 aromatic carbocycles. The van der Waals surface area contributed by atoms with Crippen molar-refractivity contribution in [3.05, 3.63) is 18.0 Å². The normalized spacial score (nSPS) is 27.0. The average molecular weight is 193 g/mol. The van der Waals surface area contributed by atoms with Crippen molar-refractivity contribution in [3.8, 4) is 0 Å². The van der Waals surface area contributed by atoms with Crippen LogP contribution in [0.2, 0.25) is 0 Å². The number of hydrogen-bond donors (Lipinski definition) is 1. The molecule has 1 aliphatic carbocycles. The number of hydrogen-bond acceptors (Lipinski definition) is 2. The standard InChI is InChI=1S/C11H19N3/c1-3-14-8-9(7-13-14)10-5-4-6-11(10)12-2/h7-8,10-12H,3-6H2,1-2H3. The SMILES string of the molecule is CCn1cc(C2CCCC2NC)cn1. The highest BCUT2D eigenvalue weighted by Gasteiger charge is 2.27. The van der Waals surface area contributed by atoms with E-state index in [-0.39, 0.29) is 0 Å². The van der Waals surface area contributed by atoms with Crippen molar-refractivity contribution in [2.75, 3.05) is 7.05 Å². The molecule has 0 spiro atoms. The molecule has 1 heterocycles. The summed E-state index contributed by atoms with van der Waals surface area (Å²) in [6, 6.07) is 0.657. The maximum Gasteiger partial charge on any atom is 0.0525 e. The summed E-state index contributed by atoms with van der Waals surface area (Å²) in [7, 11) is 2.06. The smallest absolute Gasteiger partial charge is 0.0525 e. The van der Waals surface area contributed by atoms with Crippen molar-refractivity contribution in [1.82, 2.24) is 15.1 Å². The van der Waals surface area contributed by atoms with Gasteiger partial charge in [0, 0.05) is 24.7 Å². The molecule has 2 atom stereocenters. The minimum atomic E-state index is 0.657. The summed E-state index contributed by atoms with van der Waals surface area (Å²) in [6.45, 7) is 3.10. The Labute approximate surface area is 85.5 Å². The van der Waals surface area contributed by atoms with E-state index in [2.05, 4.69) is 30.6 Å². The summed E-state index contributed by atoms with van der Waals surface area (Å²) in [5, 5.41) is 7.74. The summed E-state index contributed by atoms with van der Waals surface area (Å²) in [5.41, 5.74) is 1.41. The third kappa shape index (κ3) is 1.69. The molecule has 0 amide bonds. The number of nitrogens with zero attached hydrogens (tertiary/aromatic N) is 2. The van der Waals surface area contributed by atoms with Gasteiger partial charge in [-0.05, 0) is 32.4 Å². The van der Waals surface area contributed by atoms with Gasteiger partial charge in [-0.15, -0.1) is 0 Å². The van der Waals surface area contributed by atoms with Crippen LogP contribution in [-0.4, -0.2) is 22.9 Å². The highest BCUT2D eigenvalue weighted by atomic mass is 15.3. The van der Waals surface area contributed by atoms with Gasteiger partial charge >= 0.3 is 0 Å². The van der Waals surface area contributed by atoms with Crippen LogP contribution in [0.3, 0.4) is 0 Å². The minimum Gasteiger partial charge on any atom is -0.316 e. The van der Waals surface area contributed by atoms with E-state index < -0.39 is 0 Å². The molecule has 1 aliphatic rings. The van der Waals surface area contributed by atoms with Crippen LogP contribution in [0.15, 0.2) is 12.4 Å². The van der Waals surface area contributed by atoms with Gasteiger partial charge in [-0.2, -0.15) is 5.10 Å². The summed E-state index contributed by atoms with van der Waals surface area (Å²) >= 11 is 0. The fourth-order valence-corrected chi connectivity index (χ4v) is 2.45. The number of aromatic nitrogens is 2. The molecule has 0 bridgehead atoms. The van der Waals surface area contributed by atoms with Crippen LogP contribution < -0.4 is 5.32 Å². The highest BCUT2D eigenvalue weighted by molar-refractivity contribution is 5.16. The van der Waals surface area contributed by atoms with Crippen molar-refractivity contribution in [2.24, 2.45) is 0 Å². The van der Waals surface area contributed by atoms with E-state index in [4.69, 9.17) is 0 Å². The van der Waals surface area contributed by atoms with Gasteiger partial charge < -0.3 is 5.32 Å². The van der Waals surface area contributed by atoms with E-state index >= 15 is 0 Å². The molecule has 0 saturated heterocycles. The van der Waals surface area contributed by atoms with E-state index in [1.54, 1.807) is 0 Å². The summed E-state index contributed by atoms with van der Waals surface area (Å²) in [6.07, 6.45) is 8.18. The topological polar surface area (TPSA) is 29.9 Å². The first-order chi connectivity index (χ1) is 6.85. The Morgan fingerprint density at radius 3 is 3.07 bits per heavy atom. The van der Waals surface area contributed by atoms with Gasteiger partial charge in [-0.1, -0.05) is 6.42 Å². The van der Waals surface area contributed by atoms with Crippen LogP contribution in [0, 0.1) is 0 Å². The van der Waals surface area contributed by atoms with Crippen LogP contribution in [0.1, 0.15) is 37.7 Å². The molecule has 1 fully saturated rings. The monoisotopic (exact) mass is 193 g/mol. The second-order valence-corrected chi connectivity index (χ2v) is 4.06. The van der Waals surface area contributed by atoms with Crippen molar-refractivity contribution < 1.29 is 0 Å². The summed E-state index contributed by atoms with van der Waals surface area (Å²) < 4.78 is 2.01. The van der Waals surface area contributed by atoms with E-state index in [0.29, 0.717) is 12.0 Å². The van der Waals surface area contributed by atoms with Crippen LogP contribution in [-0.2, 0) is 6.54 Å². The lowest BCUT2D eigenvalue weighted by Gasteiger charge is -2.16. The van der Waals surface area contributed by atoms with Crippen LogP contribution in [0.5, 0.6) is 0 Å². The third-order valence-corrected chi connectivity index (χ3v) is 3.29. The molecular formula is C11H19N3. The molecular weight excluding hydrogens is 174 g/mol. The van der Waals surface area contributed by atoms with Crippen molar-refractivity contribution in [1.29, 1.82) is 0 Å². The molecule has 1 saturated carbocycles. The Kier molecular flexibility index (Phi) is 2.87. The predicted molar refractivity (Wildman–Crippen MR) is 57.3 cm³/mol. The fraction of sp³-hybridized carbons (Fsp3) is 0.727. The number of nitrogens with one attached hydrogen (secondary N) is 1. The Morgan fingerprint density at radius 1 is 1.57 bits per heavy atom. The van der Waals surface area contributed by atoms with E-state index in [1.807, 2.05) is 10.9 Å². The van der Waals surface area contributed by atoms with Gasteiger partial charge in [-0.25, -0.2) is 0 Å². The Bertz CT molecular complexity index is 292. The quantitative estimate of drug-likeness (QED) is 0.792. The molecule has 1 aromatic rings. The van der Waals surface area contributed by atoms with Crippen LogP contribution >= 0.6 is 0 Å². The average Bonchev–Trinajstić information content (AvgIpc) is 2.85. The lowest BCUT2D eigenvalue weighted by Crippen LogP contribution is -2.27. The first kappa shape index (κ1) is 9.71.